The Labute approximate surface area is 94.8 Å². The molecular formula is C11H16N2O3. The number of likely N-dealkylation sites (tertiary alicyclic amines) is 1. The standard InChI is InChI=1S/C11H16N2O3/c1-3-5-9(10(14)15)12-11(16)13-7-4-6-8(13)2/h1,8-9H,4-7H2,2H3,(H,12,16)(H,14,15). The van der Waals surface area contributed by atoms with Crippen LogP contribution in [0.25, 0.3) is 0 Å². The van der Waals surface area contributed by atoms with E-state index in [4.69, 9.17) is 11.5 Å². The maximum atomic E-state index is 11.7. The first-order chi connectivity index (χ1) is 7.56. The molecule has 5 nitrogen and oxygen atoms in total. The number of amides is 2. The van der Waals surface area contributed by atoms with E-state index < -0.39 is 12.0 Å². The predicted octanol–water partition coefficient (Wildman–Crippen LogP) is 0.657. The van der Waals surface area contributed by atoms with Gasteiger partial charge in [-0.15, -0.1) is 12.3 Å². The van der Waals surface area contributed by atoms with Crippen molar-refractivity contribution < 1.29 is 14.7 Å². The molecule has 1 rings (SSSR count). The first-order valence-corrected chi connectivity index (χ1v) is 5.29. The molecule has 1 saturated heterocycles. The zero-order valence-electron chi connectivity index (χ0n) is 9.27. The molecule has 88 valence electrons. The molecule has 2 amide bonds. The van der Waals surface area contributed by atoms with Crippen molar-refractivity contribution in [1.29, 1.82) is 0 Å². The van der Waals surface area contributed by atoms with E-state index in [2.05, 4.69) is 11.2 Å². The molecule has 0 aromatic carbocycles. The molecule has 2 atom stereocenters. The molecule has 1 aliphatic heterocycles. The van der Waals surface area contributed by atoms with Crippen molar-refractivity contribution in [2.24, 2.45) is 0 Å². The molecule has 5 heteroatoms. The molecule has 0 aliphatic carbocycles. The van der Waals surface area contributed by atoms with E-state index >= 15 is 0 Å². The lowest BCUT2D eigenvalue weighted by Crippen LogP contribution is -2.48. The number of aliphatic carboxylic acids is 1. The first-order valence-electron chi connectivity index (χ1n) is 5.29. The highest BCUT2D eigenvalue weighted by atomic mass is 16.4. The SMILES string of the molecule is C#CCC(NC(=O)N1CCCC1C)C(=O)O. The largest absolute Gasteiger partial charge is 0.480 e. The number of hydrogen-bond acceptors (Lipinski definition) is 2. The summed E-state index contributed by atoms with van der Waals surface area (Å²) < 4.78 is 0. The molecular weight excluding hydrogens is 208 g/mol. The van der Waals surface area contributed by atoms with E-state index in [1.807, 2.05) is 6.92 Å². The van der Waals surface area contributed by atoms with E-state index in [-0.39, 0.29) is 18.5 Å². The minimum absolute atomic E-state index is 0.00327. The second-order valence-electron chi connectivity index (χ2n) is 3.93. The Morgan fingerprint density at radius 1 is 1.69 bits per heavy atom. The summed E-state index contributed by atoms with van der Waals surface area (Å²) in [5.41, 5.74) is 0. The van der Waals surface area contributed by atoms with Crippen molar-refractivity contribution in [3.63, 3.8) is 0 Å². The van der Waals surface area contributed by atoms with Crippen molar-refractivity contribution in [1.82, 2.24) is 10.2 Å². The van der Waals surface area contributed by atoms with Crippen LogP contribution in [0.1, 0.15) is 26.2 Å². The number of carbonyl (C=O) groups is 2. The molecule has 0 aromatic rings. The smallest absolute Gasteiger partial charge is 0.327 e. The summed E-state index contributed by atoms with van der Waals surface area (Å²) in [5, 5.41) is 11.3. The first kappa shape index (κ1) is 12.4. The van der Waals surface area contributed by atoms with Gasteiger partial charge in [-0.2, -0.15) is 0 Å². The van der Waals surface area contributed by atoms with Gasteiger partial charge in [0.1, 0.15) is 6.04 Å². The van der Waals surface area contributed by atoms with Crippen molar-refractivity contribution in [2.45, 2.75) is 38.3 Å². The lowest BCUT2D eigenvalue weighted by Gasteiger charge is -2.23. The van der Waals surface area contributed by atoms with Crippen LogP contribution in [0.4, 0.5) is 4.79 Å². The number of rotatable bonds is 3. The molecule has 1 aliphatic rings. The van der Waals surface area contributed by atoms with Crippen molar-refractivity contribution in [3.8, 4) is 12.3 Å². The van der Waals surface area contributed by atoms with Gasteiger partial charge in [0, 0.05) is 19.0 Å². The summed E-state index contributed by atoms with van der Waals surface area (Å²) >= 11 is 0. The van der Waals surface area contributed by atoms with E-state index in [0.29, 0.717) is 6.54 Å². The van der Waals surface area contributed by atoms with E-state index in [1.165, 1.54) is 0 Å². The number of carboxylic acid groups (broad SMARTS) is 1. The normalized spacial score (nSPS) is 21.2. The van der Waals surface area contributed by atoms with Crippen LogP contribution >= 0.6 is 0 Å². The zero-order valence-corrected chi connectivity index (χ0v) is 9.27. The molecule has 2 N–H and O–H groups in total. The Bertz CT molecular complexity index is 322. The van der Waals surface area contributed by atoms with Crippen LogP contribution in [0.15, 0.2) is 0 Å². The van der Waals surface area contributed by atoms with Gasteiger partial charge < -0.3 is 15.3 Å². The molecule has 1 fully saturated rings. The highest BCUT2D eigenvalue weighted by Crippen LogP contribution is 2.16. The van der Waals surface area contributed by atoms with Gasteiger partial charge in [-0.1, -0.05) is 0 Å². The molecule has 16 heavy (non-hydrogen) atoms. The monoisotopic (exact) mass is 224 g/mol. The Morgan fingerprint density at radius 3 is 2.81 bits per heavy atom. The zero-order chi connectivity index (χ0) is 12.1. The van der Waals surface area contributed by atoms with Crippen molar-refractivity contribution in [3.05, 3.63) is 0 Å². The number of hydrogen-bond donors (Lipinski definition) is 2. The molecule has 0 radical (unpaired) electrons. The molecule has 0 aromatic heterocycles. The van der Waals surface area contributed by atoms with Crippen LogP contribution in [-0.4, -0.2) is 40.6 Å². The maximum absolute atomic E-state index is 11.7. The molecule has 2 unspecified atom stereocenters. The van der Waals surface area contributed by atoms with Gasteiger partial charge in [0.25, 0.3) is 0 Å². The lowest BCUT2D eigenvalue weighted by atomic mass is 10.2. The number of nitrogens with zero attached hydrogens (tertiary/aromatic N) is 1. The summed E-state index contributed by atoms with van der Waals surface area (Å²) in [7, 11) is 0. The molecule has 0 saturated carbocycles. The van der Waals surface area contributed by atoms with E-state index in [9.17, 15) is 9.59 Å². The van der Waals surface area contributed by atoms with Crippen LogP contribution < -0.4 is 5.32 Å². The van der Waals surface area contributed by atoms with Gasteiger partial charge in [0.2, 0.25) is 0 Å². The van der Waals surface area contributed by atoms with E-state index in [1.54, 1.807) is 4.90 Å². The summed E-state index contributed by atoms with van der Waals surface area (Å²) in [4.78, 5) is 24.2. The fourth-order valence-corrected chi connectivity index (χ4v) is 1.78. The van der Waals surface area contributed by atoms with Crippen LogP contribution in [0.5, 0.6) is 0 Å². The van der Waals surface area contributed by atoms with Gasteiger partial charge in [-0.3, -0.25) is 0 Å². The molecule has 1 heterocycles. The number of terminal acetylenes is 1. The number of carboxylic acids is 1. The van der Waals surface area contributed by atoms with Gasteiger partial charge in [0.15, 0.2) is 0 Å². The van der Waals surface area contributed by atoms with Crippen LogP contribution in [0.2, 0.25) is 0 Å². The Balaban J connectivity index is 2.55. The summed E-state index contributed by atoms with van der Waals surface area (Å²) in [5.74, 6) is 1.14. The predicted molar refractivity (Wildman–Crippen MR) is 58.8 cm³/mol. The fraction of sp³-hybridized carbons (Fsp3) is 0.636. The van der Waals surface area contributed by atoms with Gasteiger partial charge in [-0.25, -0.2) is 9.59 Å². The average Bonchev–Trinajstić information content (AvgIpc) is 2.63. The maximum Gasteiger partial charge on any atom is 0.327 e. The summed E-state index contributed by atoms with van der Waals surface area (Å²) in [6.07, 6.45) is 6.97. The average molecular weight is 224 g/mol. The van der Waals surface area contributed by atoms with Crippen LogP contribution in [0, 0.1) is 12.3 Å². The number of urea groups is 1. The molecule has 0 bridgehead atoms. The highest BCUT2D eigenvalue weighted by Gasteiger charge is 2.28. The van der Waals surface area contributed by atoms with Gasteiger partial charge in [0.05, 0.1) is 0 Å². The minimum Gasteiger partial charge on any atom is -0.480 e. The third kappa shape index (κ3) is 2.89. The lowest BCUT2D eigenvalue weighted by molar-refractivity contribution is -0.139. The fourth-order valence-electron chi connectivity index (χ4n) is 1.78. The second kappa shape index (κ2) is 5.40. The number of carbonyl (C=O) groups excluding carboxylic acids is 1. The minimum atomic E-state index is -1.10. The highest BCUT2D eigenvalue weighted by molar-refractivity contribution is 5.83. The topological polar surface area (TPSA) is 69.6 Å². The quantitative estimate of drug-likeness (QED) is 0.692. The van der Waals surface area contributed by atoms with Crippen molar-refractivity contribution >= 4 is 12.0 Å². The van der Waals surface area contributed by atoms with Crippen molar-refractivity contribution in [2.75, 3.05) is 6.54 Å². The van der Waals surface area contributed by atoms with E-state index in [0.717, 1.165) is 12.8 Å². The van der Waals surface area contributed by atoms with Gasteiger partial charge in [-0.05, 0) is 19.8 Å². The number of nitrogens with one attached hydrogen (secondary N) is 1. The summed E-state index contributed by atoms with van der Waals surface area (Å²) in [6, 6.07) is -1.17. The third-order valence-corrected chi connectivity index (χ3v) is 2.73. The second-order valence-corrected chi connectivity index (χ2v) is 3.93. The molecule has 0 spiro atoms. The van der Waals surface area contributed by atoms with Gasteiger partial charge >= 0.3 is 12.0 Å². The Morgan fingerprint density at radius 2 is 2.38 bits per heavy atom. The van der Waals surface area contributed by atoms with Crippen LogP contribution in [-0.2, 0) is 4.79 Å². The third-order valence-electron chi connectivity index (χ3n) is 2.73. The Kier molecular flexibility index (Phi) is 4.18. The van der Waals surface area contributed by atoms with Crippen LogP contribution in [0.3, 0.4) is 0 Å². The Hall–Kier alpha value is -1.70. The summed E-state index contributed by atoms with van der Waals surface area (Å²) in [6.45, 7) is 2.62.